The van der Waals surface area contributed by atoms with Crippen LogP contribution in [-0.2, 0) is 6.54 Å². The third-order valence-electron chi connectivity index (χ3n) is 5.73. The van der Waals surface area contributed by atoms with Crippen molar-refractivity contribution in [2.24, 2.45) is 5.92 Å². The Morgan fingerprint density at radius 2 is 2.04 bits per heavy atom. The molecule has 0 unspecified atom stereocenters. The van der Waals surface area contributed by atoms with Gasteiger partial charge in [-0.2, -0.15) is 8.75 Å². The molecule has 2 saturated heterocycles. The number of amides is 2. The van der Waals surface area contributed by atoms with Gasteiger partial charge >= 0.3 is 6.03 Å². The number of carbonyl (C=O) groups is 1. The van der Waals surface area contributed by atoms with E-state index in [-0.39, 0.29) is 11.9 Å². The smallest absolute Gasteiger partial charge is 0.319 e. The van der Waals surface area contributed by atoms with E-state index in [1.807, 2.05) is 11.0 Å². The van der Waals surface area contributed by atoms with Crippen LogP contribution in [0.15, 0.2) is 18.2 Å². The Labute approximate surface area is 157 Å². The van der Waals surface area contributed by atoms with Crippen LogP contribution in [0.25, 0.3) is 11.0 Å². The average molecular weight is 375 g/mol. The molecule has 7 nitrogen and oxygen atoms in total. The summed E-state index contributed by atoms with van der Waals surface area (Å²) >= 11 is 1.24. The van der Waals surface area contributed by atoms with Crippen molar-refractivity contribution in [1.29, 1.82) is 0 Å². The number of fused-ring (bicyclic) bond motifs is 2. The SMILES string of the molecule is CN(C)C(=O)N1CC[C@@]2(O)CCN(Cc3ccc4nsnc4c3)C[C@H]2C1. The van der Waals surface area contributed by atoms with E-state index in [1.54, 1.807) is 19.0 Å². The van der Waals surface area contributed by atoms with Crippen molar-refractivity contribution in [3.63, 3.8) is 0 Å². The van der Waals surface area contributed by atoms with Crippen LogP contribution in [0.4, 0.5) is 4.79 Å². The van der Waals surface area contributed by atoms with E-state index in [2.05, 4.69) is 25.8 Å². The van der Waals surface area contributed by atoms with Crippen LogP contribution in [0, 0.1) is 5.92 Å². The molecule has 2 aliphatic rings. The Morgan fingerprint density at radius 1 is 1.27 bits per heavy atom. The van der Waals surface area contributed by atoms with Crippen LogP contribution in [-0.4, -0.2) is 80.5 Å². The number of carbonyl (C=O) groups excluding carboxylic acids is 1. The molecular formula is C18H25N5O2S. The fourth-order valence-corrected chi connectivity index (χ4v) is 4.67. The van der Waals surface area contributed by atoms with Crippen molar-refractivity contribution >= 4 is 28.8 Å². The largest absolute Gasteiger partial charge is 0.389 e. The number of aliphatic hydroxyl groups is 1. The molecule has 140 valence electrons. The second kappa shape index (κ2) is 6.75. The van der Waals surface area contributed by atoms with Crippen LogP contribution in [0.5, 0.6) is 0 Å². The number of hydrogen-bond donors (Lipinski definition) is 1. The maximum absolute atomic E-state index is 12.3. The van der Waals surface area contributed by atoms with Gasteiger partial charge in [-0.05, 0) is 30.5 Å². The molecule has 0 saturated carbocycles. The van der Waals surface area contributed by atoms with Crippen LogP contribution >= 0.6 is 11.7 Å². The quantitative estimate of drug-likeness (QED) is 0.864. The minimum Gasteiger partial charge on any atom is -0.389 e. The van der Waals surface area contributed by atoms with E-state index < -0.39 is 5.60 Å². The van der Waals surface area contributed by atoms with E-state index in [4.69, 9.17) is 0 Å². The van der Waals surface area contributed by atoms with Crippen LogP contribution < -0.4 is 0 Å². The van der Waals surface area contributed by atoms with Crippen molar-refractivity contribution < 1.29 is 9.90 Å². The number of benzene rings is 1. The predicted molar refractivity (Wildman–Crippen MR) is 101 cm³/mol. The summed E-state index contributed by atoms with van der Waals surface area (Å²) in [7, 11) is 3.56. The maximum Gasteiger partial charge on any atom is 0.319 e. The first-order valence-electron chi connectivity index (χ1n) is 9.07. The number of rotatable bonds is 2. The zero-order valence-electron chi connectivity index (χ0n) is 15.3. The summed E-state index contributed by atoms with van der Waals surface area (Å²) in [5.74, 6) is 0.0959. The number of piperidine rings is 2. The minimum atomic E-state index is -0.637. The van der Waals surface area contributed by atoms with Crippen molar-refractivity contribution in [1.82, 2.24) is 23.4 Å². The maximum atomic E-state index is 12.3. The Bertz CT molecular complexity index is 810. The van der Waals surface area contributed by atoms with Gasteiger partial charge < -0.3 is 14.9 Å². The number of aromatic nitrogens is 2. The highest BCUT2D eigenvalue weighted by molar-refractivity contribution is 7.00. The predicted octanol–water partition coefficient (Wildman–Crippen LogP) is 1.63. The van der Waals surface area contributed by atoms with E-state index in [9.17, 15) is 9.90 Å². The Balaban J connectivity index is 1.44. The lowest BCUT2D eigenvalue weighted by molar-refractivity contribution is -0.108. The average Bonchev–Trinajstić information content (AvgIpc) is 3.08. The molecule has 0 bridgehead atoms. The van der Waals surface area contributed by atoms with Crippen molar-refractivity contribution in [2.75, 3.05) is 40.3 Å². The molecule has 1 aromatic heterocycles. The summed E-state index contributed by atoms with van der Waals surface area (Å²) in [6, 6.07) is 6.26. The molecular weight excluding hydrogens is 350 g/mol. The van der Waals surface area contributed by atoms with Gasteiger partial charge in [0, 0.05) is 52.7 Å². The molecule has 2 aromatic rings. The molecule has 1 aromatic carbocycles. The first-order valence-corrected chi connectivity index (χ1v) is 9.80. The van der Waals surface area contributed by atoms with Crippen LogP contribution in [0.3, 0.4) is 0 Å². The van der Waals surface area contributed by atoms with E-state index in [0.717, 1.165) is 37.1 Å². The molecule has 0 radical (unpaired) electrons. The number of likely N-dealkylation sites (tertiary alicyclic amines) is 2. The molecule has 0 aliphatic carbocycles. The van der Waals surface area contributed by atoms with Gasteiger partial charge in [0.2, 0.25) is 0 Å². The minimum absolute atomic E-state index is 0.0330. The molecule has 2 atom stereocenters. The van der Waals surface area contributed by atoms with Gasteiger partial charge in [-0.25, -0.2) is 4.79 Å². The number of nitrogens with zero attached hydrogens (tertiary/aromatic N) is 5. The topological polar surface area (TPSA) is 72.8 Å². The third kappa shape index (κ3) is 3.28. The summed E-state index contributed by atoms with van der Waals surface area (Å²) in [5, 5.41) is 11.0. The van der Waals surface area contributed by atoms with Crippen LogP contribution in [0.2, 0.25) is 0 Å². The van der Waals surface area contributed by atoms with Gasteiger partial charge in [-0.1, -0.05) is 6.07 Å². The van der Waals surface area contributed by atoms with Crippen molar-refractivity contribution in [2.45, 2.75) is 25.0 Å². The first-order chi connectivity index (χ1) is 12.4. The van der Waals surface area contributed by atoms with Crippen LogP contribution in [0.1, 0.15) is 18.4 Å². The highest BCUT2D eigenvalue weighted by Gasteiger charge is 2.45. The van der Waals surface area contributed by atoms with E-state index in [1.165, 1.54) is 17.3 Å². The van der Waals surface area contributed by atoms with Gasteiger partial charge in [0.05, 0.1) is 17.3 Å². The summed E-state index contributed by atoms with van der Waals surface area (Å²) in [4.78, 5) is 18.2. The summed E-state index contributed by atoms with van der Waals surface area (Å²) in [6.07, 6.45) is 1.43. The standard InChI is InChI=1S/C18H25N5O2S/c1-21(2)17(24)23-8-6-18(25)5-7-22(11-14(18)12-23)10-13-3-4-15-16(9-13)20-26-19-15/h3-4,9,14,25H,5-8,10-12H2,1-2H3/t14-,18-/m0/s1. The summed E-state index contributed by atoms with van der Waals surface area (Å²) < 4.78 is 8.57. The van der Waals surface area contributed by atoms with E-state index in [0.29, 0.717) is 19.5 Å². The monoisotopic (exact) mass is 375 g/mol. The van der Waals surface area contributed by atoms with Gasteiger partial charge in [-0.15, -0.1) is 0 Å². The molecule has 1 N–H and O–H groups in total. The Kier molecular flexibility index (Phi) is 4.58. The third-order valence-corrected chi connectivity index (χ3v) is 6.29. The number of urea groups is 1. The highest BCUT2D eigenvalue weighted by atomic mass is 32.1. The van der Waals surface area contributed by atoms with E-state index >= 15 is 0 Å². The fourth-order valence-electron chi connectivity index (χ4n) is 4.16. The Morgan fingerprint density at radius 3 is 2.85 bits per heavy atom. The lowest BCUT2D eigenvalue weighted by atomic mass is 9.75. The van der Waals surface area contributed by atoms with Crippen molar-refractivity contribution in [3.8, 4) is 0 Å². The summed E-state index contributed by atoms with van der Waals surface area (Å²) in [5.41, 5.74) is 2.47. The second-order valence-electron chi connectivity index (χ2n) is 7.75. The van der Waals surface area contributed by atoms with Gasteiger partial charge in [-0.3, -0.25) is 4.90 Å². The zero-order chi connectivity index (χ0) is 18.3. The summed E-state index contributed by atoms with van der Waals surface area (Å²) in [6.45, 7) is 3.78. The first kappa shape index (κ1) is 17.6. The normalized spacial score (nSPS) is 26.7. The molecule has 8 heteroatoms. The molecule has 2 fully saturated rings. The molecule has 26 heavy (non-hydrogen) atoms. The highest BCUT2D eigenvalue weighted by Crippen LogP contribution is 2.36. The number of hydrogen-bond acceptors (Lipinski definition) is 6. The second-order valence-corrected chi connectivity index (χ2v) is 8.27. The van der Waals surface area contributed by atoms with Gasteiger partial charge in [0.1, 0.15) is 11.0 Å². The zero-order valence-corrected chi connectivity index (χ0v) is 16.1. The lowest BCUT2D eigenvalue weighted by Crippen LogP contribution is -2.61. The lowest BCUT2D eigenvalue weighted by Gasteiger charge is -2.50. The molecule has 2 amide bonds. The molecule has 3 heterocycles. The van der Waals surface area contributed by atoms with Gasteiger partial charge in [0.25, 0.3) is 0 Å². The fraction of sp³-hybridized carbons (Fsp3) is 0.611. The van der Waals surface area contributed by atoms with Gasteiger partial charge in [0.15, 0.2) is 0 Å². The molecule has 4 rings (SSSR count). The Hall–Kier alpha value is -1.77. The molecule has 0 spiro atoms. The van der Waals surface area contributed by atoms with Crippen molar-refractivity contribution in [3.05, 3.63) is 23.8 Å². The molecule has 2 aliphatic heterocycles.